The molecule has 0 saturated carbocycles. The molecule has 4 N–H and O–H groups in total. The molecule has 3 aromatic rings. The Balaban J connectivity index is 1.54. The van der Waals surface area contributed by atoms with Crippen LogP contribution in [0.1, 0.15) is 27.9 Å². The second kappa shape index (κ2) is 12.4. The maximum atomic E-state index is 12.3. The monoisotopic (exact) mass is 454 g/mol. The van der Waals surface area contributed by atoms with Gasteiger partial charge in [-0.05, 0) is 54.7 Å². The molecule has 1 aromatic heterocycles. The Morgan fingerprint density at radius 2 is 1.91 bits per heavy atom. The molecule has 0 bridgehead atoms. The van der Waals surface area contributed by atoms with Crippen LogP contribution in [0.15, 0.2) is 72.9 Å². The lowest BCUT2D eigenvalue weighted by atomic mass is 9.76. The average molecular weight is 454 g/mol. The lowest BCUT2D eigenvalue weighted by Crippen LogP contribution is -2.51. The third kappa shape index (κ3) is 7.59. The highest BCUT2D eigenvalue weighted by molar-refractivity contribution is 6.43. The largest absolute Gasteiger partial charge is 0.475 e. The highest BCUT2D eigenvalue weighted by Gasteiger charge is 2.25. The topological polar surface area (TPSA) is 118 Å². The zero-order valence-electron chi connectivity index (χ0n) is 19.0. The molecule has 1 heterocycles. The van der Waals surface area contributed by atoms with Crippen molar-refractivity contribution in [2.45, 2.75) is 25.7 Å². The van der Waals surface area contributed by atoms with E-state index in [1.54, 1.807) is 24.4 Å². The molecule has 2 amide bonds. The van der Waals surface area contributed by atoms with Crippen LogP contribution >= 0.6 is 0 Å². The molecule has 7 nitrogen and oxygen atoms in total. The minimum absolute atomic E-state index is 0.303. The van der Waals surface area contributed by atoms with Gasteiger partial charge in [0.05, 0.1) is 17.2 Å². The molecule has 2 aromatic carbocycles. The number of hydrogen-bond acceptors (Lipinski definition) is 5. The number of nitriles is 1. The summed E-state index contributed by atoms with van der Waals surface area (Å²) in [5, 5.41) is 34.2. The van der Waals surface area contributed by atoms with Crippen molar-refractivity contribution >= 4 is 24.8 Å². The van der Waals surface area contributed by atoms with Gasteiger partial charge in [-0.1, -0.05) is 60.2 Å². The van der Waals surface area contributed by atoms with Crippen molar-refractivity contribution < 1.29 is 14.8 Å². The van der Waals surface area contributed by atoms with Gasteiger partial charge >= 0.3 is 13.1 Å². The molecule has 1 atom stereocenters. The van der Waals surface area contributed by atoms with Crippen LogP contribution in [-0.2, 0) is 12.8 Å². The number of urea groups is 1. The molecule has 0 saturated heterocycles. The molecule has 0 unspecified atom stereocenters. The van der Waals surface area contributed by atoms with Crippen LogP contribution in [0.5, 0.6) is 0 Å². The van der Waals surface area contributed by atoms with E-state index in [1.807, 2.05) is 61.5 Å². The van der Waals surface area contributed by atoms with E-state index in [1.165, 1.54) is 0 Å². The maximum absolute atomic E-state index is 12.3. The van der Waals surface area contributed by atoms with Crippen LogP contribution in [0.4, 0.5) is 4.79 Å². The molecule has 0 fully saturated rings. The molecule has 8 heteroatoms. The summed E-state index contributed by atoms with van der Waals surface area (Å²) in [7, 11) is -1.68. The third-order valence-corrected chi connectivity index (χ3v) is 5.28. The molecule has 34 heavy (non-hydrogen) atoms. The van der Waals surface area contributed by atoms with E-state index in [2.05, 4.69) is 21.7 Å². The quantitative estimate of drug-likeness (QED) is 0.293. The Hall–Kier alpha value is -3.93. The molecule has 0 spiro atoms. The van der Waals surface area contributed by atoms with Crippen molar-refractivity contribution in [3.63, 3.8) is 0 Å². The second-order valence-corrected chi connectivity index (χ2v) is 7.99. The number of aryl methyl sites for hydroxylation is 1. The summed E-state index contributed by atoms with van der Waals surface area (Å²) >= 11 is 0. The predicted molar refractivity (Wildman–Crippen MR) is 133 cm³/mol. The Bertz CT molecular complexity index is 1160. The standard InChI is InChI=1S/C26H27BN4O3/c1-19-8-10-21(11-9-19)17-25(27(33)34)31-26(32)30-14-12-20-5-4-6-22(15-20)16-23(18-28)24-7-2-3-13-29-24/h2-11,13,15-16,25,33-34H,12,14,17H2,1H3,(H2,30,31,32)/t25-/m0/s1. The Kier molecular flexibility index (Phi) is 8.98. The number of rotatable bonds is 9. The molecule has 172 valence electrons. The first-order chi connectivity index (χ1) is 16.4. The van der Waals surface area contributed by atoms with Gasteiger partial charge in [-0.2, -0.15) is 5.26 Å². The van der Waals surface area contributed by atoms with E-state index in [0.717, 1.165) is 22.3 Å². The number of nitrogens with one attached hydrogen (secondary N) is 2. The van der Waals surface area contributed by atoms with Gasteiger partial charge in [0.2, 0.25) is 0 Å². The van der Waals surface area contributed by atoms with E-state index in [4.69, 9.17) is 0 Å². The normalized spacial score (nSPS) is 11.9. The first-order valence-corrected chi connectivity index (χ1v) is 11.0. The molecule has 0 aliphatic carbocycles. The van der Waals surface area contributed by atoms with Gasteiger partial charge in [0.15, 0.2) is 0 Å². The highest BCUT2D eigenvalue weighted by atomic mass is 16.4. The number of pyridine rings is 1. The lowest BCUT2D eigenvalue weighted by molar-refractivity contribution is 0.237. The molecule has 0 aliphatic rings. The first-order valence-electron chi connectivity index (χ1n) is 11.0. The lowest BCUT2D eigenvalue weighted by Gasteiger charge is -2.18. The van der Waals surface area contributed by atoms with Gasteiger partial charge in [0, 0.05) is 12.7 Å². The number of allylic oxidation sites excluding steroid dienone is 1. The van der Waals surface area contributed by atoms with Crippen LogP contribution in [0.2, 0.25) is 0 Å². The summed E-state index contributed by atoms with van der Waals surface area (Å²) in [6.45, 7) is 2.34. The van der Waals surface area contributed by atoms with Gasteiger partial charge in [-0.3, -0.25) is 4.98 Å². The van der Waals surface area contributed by atoms with Gasteiger partial charge < -0.3 is 20.7 Å². The van der Waals surface area contributed by atoms with Gasteiger partial charge in [0.1, 0.15) is 6.07 Å². The second-order valence-electron chi connectivity index (χ2n) is 7.99. The summed E-state index contributed by atoms with van der Waals surface area (Å²) in [4.78, 5) is 16.5. The Labute approximate surface area is 199 Å². The SMILES string of the molecule is Cc1ccc(C[C@H](NC(=O)NCCc2cccc(C=C(C#N)c3ccccn3)c2)B(O)O)cc1. The van der Waals surface area contributed by atoms with Crippen molar-refractivity contribution in [2.75, 3.05) is 6.54 Å². The third-order valence-electron chi connectivity index (χ3n) is 5.28. The van der Waals surface area contributed by atoms with Crippen molar-refractivity contribution in [1.82, 2.24) is 15.6 Å². The maximum Gasteiger partial charge on any atom is 0.475 e. The summed E-state index contributed by atoms with van der Waals surface area (Å²) in [5.74, 6) is -0.827. The molecule has 3 rings (SSSR count). The Morgan fingerprint density at radius 3 is 2.59 bits per heavy atom. The van der Waals surface area contributed by atoms with Crippen LogP contribution in [0, 0.1) is 18.3 Å². The van der Waals surface area contributed by atoms with E-state index in [0.29, 0.717) is 30.7 Å². The summed E-state index contributed by atoms with van der Waals surface area (Å²) in [6.07, 6.45) is 4.31. The fourth-order valence-electron chi connectivity index (χ4n) is 3.44. The van der Waals surface area contributed by atoms with Gasteiger partial charge in [-0.25, -0.2) is 4.79 Å². The Morgan fingerprint density at radius 1 is 1.12 bits per heavy atom. The number of nitrogens with zero attached hydrogens (tertiary/aromatic N) is 2. The fourth-order valence-corrected chi connectivity index (χ4v) is 3.44. The minimum atomic E-state index is -1.68. The number of hydrogen-bond donors (Lipinski definition) is 4. The summed E-state index contributed by atoms with van der Waals surface area (Å²) in [5.41, 5.74) is 4.95. The average Bonchev–Trinajstić information content (AvgIpc) is 2.84. The van der Waals surface area contributed by atoms with Crippen molar-refractivity contribution in [2.24, 2.45) is 0 Å². The van der Waals surface area contributed by atoms with Gasteiger partial charge in [0.25, 0.3) is 0 Å². The minimum Gasteiger partial charge on any atom is -0.426 e. The predicted octanol–water partition coefficient (Wildman–Crippen LogP) is 2.92. The number of carbonyl (C=O) groups excluding carboxylic acids is 1. The number of benzene rings is 2. The molecule has 0 aliphatic heterocycles. The van der Waals surface area contributed by atoms with Crippen LogP contribution in [-0.4, -0.2) is 40.7 Å². The highest BCUT2D eigenvalue weighted by Crippen LogP contribution is 2.16. The van der Waals surface area contributed by atoms with Crippen LogP contribution in [0.3, 0.4) is 0 Å². The summed E-state index contributed by atoms with van der Waals surface area (Å²) in [6, 6.07) is 22.5. The smallest absolute Gasteiger partial charge is 0.426 e. The van der Waals surface area contributed by atoms with Crippen molar-refractivity contribution in [1.29, 1.82) is 5.26 Å². The number of aromatic nitrogens is 1. The molecular formula is C26H27BN4O3. The van der Waals surface area contributed by atoms with Crippen LogP contribution in [0.25, 0.3) is 11.6 Å². The van der Waals surface area contributed by atoms with Gasteiger partial charge in [-0.15, -0.1) is 0 Å². The molecular weight excluding hydrogens is 427 g/mol. The number of amides is 2. The summed E-state index contributed by atoms with van der Waals surface area (Å²) < 4.78 is 0. The van der Waals surface area contributed by atoms with E-state index in [-0.39, 0.29) is 0 Å². The zero-order valence-corrected chi connectivity index (χ0v) is 19.0. The molecule has 0 radical (unpaired) electrons. The van der Waals surface area contributed by atoms with Crippen molar-refractivity contribution in [3.8, 4) is 6.07 Å². The van der Waals surface area contributed by atoms with E-state index >= 15 is 0 Å². The number of carbonyl (C=O) groups is 1. The van der Waals surface area contributed by atoms with E-state index < -0.39 is 19.1 Å². The fraction of sp³-hybridized carbons (Fsp3) is 0.192. The van der Waals surface area contributed by atoms with E-state index in [9.17, 15) is 20.1 Å². The zero-order chi connectivity index (χ0) is 24.3. The first kappa shape index (κ1) is 24.7. The van der Waals surface area contributed by atoms with Crippen LogP contribution < -0.4 is 10.6 Å². The van der Waals surface area contributed by atoms with Crippen molar-refractivity contribution in [3.05, 3.63) is 101 Å².